The zero-order valence-corrected chi connectivity index (χ0v) is 55.7. The molecule has 3 unspecified atom stereocenters. The number of nitrogens with one attached hydrogen (secondary N) is 1. The summed E-state index contributed by atoms with van der Waals surface area (Å²) in [6.07, 6.45) is 75.5. The molecule has 478 valence electrons. The van der Waals surface area contributed by atoms with Crippen LogP contribution in [0.2, 0.25) is 0 Å². The fraction of sp³-hybridized carbons (Fsp3) is 0.887. The Kier molecular flexibility index (Phi) is 60.0. The molecule has 81 heavy (non-hydrogen) atoms. The molecule has 0 saturated heterocycles. The van der Waals surface area contributed by atoms with Crippen LogP contribution in [0.1, 0.15) is 355 Å². The van der Waals surface area contributed by atoms with Crippen molar-refractivity contribution in [3.05, 3.63) is 36.5 Å². The number of esters is 1. The predicted molar refractivity (Wildman–Crippen MR) is 349 cm³/mol. The maximum absolute atomic E-state index is 13.6. The van der Waals surface area contributed by atoms with Crippen LogP contribution in [0, 0.1) is 0 Å². The topological polar surface area (TPSA) is 114 Å². The number of rotatable bonds is 65. The van der Waals surface area contributed by atoms with E-state index in [1.165, 1.54) is 257 Å². The van der Waals surface area contributed by atoms with E-state index in [0.717, 1.165) is 64.2 Å². The summed E-state index contributed by atoms with van der Waals surface area (Å²) in [6, 6.07) is -0.884. The second kappa shape index (κ2) is 61.3. The number of phosphoric acid groups is 1. The SMILES string of the molecule is CCCCC/C=C\C/C=C\CCCCCCCCCCCCCCCC(=O)OC(/C=C/CCCCCCCCCCC)C(COP(=O)([O-])OCC[N+](C)(C)C)NC(=O)CCCCCCCCCCCCCCCCCCCCCCC. The number of quaternary nitrogens is 1. The first kappa shape index (κ1) is 79.2. The molecule has 0 fully saturated rings. The zero-order valence-electron chi connectivity index (χ0n) is 54.8. The Labute approximate surface area is 504 Å². The van der Waals surface area contributed by atoms with Crippen LogP contribution in [-0.2, 0) is 27.9 Å². The van der Waals surface area contributed by atoms with E-state index in [-0.39, 0.29) is 31.5 Å². The Morgan fingerprint density at radius 3 is 1.14 bits per heavy atom. The van der Waals surface area contributed by atoms with Gasteiger partial charge in [0.25, 0.3) is 7.82 Å². The van der Waals surface area contributed by atoms with Crippen molar-refractivity contribution in [2.24, 2.45) is 0 Å². The molecule has 0 saturated carbocycles. The number of carbonyl (C=O) groups excluding carboxylic acids is 2. The Bertz CT molecular complexity index is 1480. The predicted octanol–water partition coefficient (Wildman–Crippen LogP) is 21.6. The van der Waals surface area contributed by atoms with Crippen LogP contribution < -0.4 is 10.2 Å². The monoisotopic (exact) mass is 1160 g/mol. The summed E-state index contributed by atoms with van der Waals surface area (Å²) < 4.78 is 30.4. The molecule has 3 atom stereocenters. The zero-order chi connectivity index (χ0) is 59.3. The van der Waals surface area contributed by atoms with Crippen molar-refractivity contribution in [3.8, 4) is 0 Å². The highest BCUT2D eigenvalue weighted by molar-refractivity contribution is 7.45. The van der Waals surface area contributed by atoms with Gasteiger partial charge in [-0.1, -0.05) is 314 Å². The minimum absolute atomic E-state index is 0.0192. The number of ether oxygens (including phenoxy) is 1. The van der Waals surface area contributed by atoms with Gasteiger partial charge < -0.3 is 28.5 Å². The summed E-state index contributed by atoms with van der Waals surface area (Å²) in [7, 11) is 1.20. The van der Waals surface area contributed by atoms with E-state index < -0.39 is 20.0 Å². The minimum atomic E-state index is -4.70. The molecule has 0 aliphatic heterocycles. The number of hydrogen-bond acceptors (Lipinski definition) is 7. The third-order valence-electron chi connectivity index (χ3n) is 16.1. The molecule has 1 amide bonds. The molecule has 0 aliphatic carbocycles. The van der Waals surface area contributed by atoms with Gasteiger partial charge in [0.2, 0.25) is 5.91 Å². The largest absolute Gasteiger partial charge is 0.756 e. The van der Waals surface area contributed by atoms with Crippen LogP contribution in [0.15, 0.2) is 36.5 Å². The molecule has 1 N–H and O–H groups in total. The van der Waals surface area contributed by atoms with Gasteiger partial charge in [0.1, 0.15) is 19.3 Å². The lowest BCUT2D eigenvalue weighted by Crippen LogP contribution is -2.47. The van der Waals surface area contributed by atoms with Crippen molar-refractivity contribution in [1.82, 2.24) is 5.32 Å². The maximum Gasteiger partial charge on any atom is 0.306 e. The van der Waals surface area contributed by atoms with Gasteiger partial charge in [-0.15, -0.1) is 0 Å². The summed E-state index contributed by atoms with van der Waals surface area (Å²) in [4.78, 5) is 40.1. The molecule has 0 aromatic carbocycles. The third-order valence-corrected chi connectivity index (χ3v) is 17.0. The number of likely N-dealkylation sites (N-methyl/N-ethyl adjacent to an activating group) is 1. The van der Waals surface area contributed by atoms with Crippen molar-refractivity contribution in [2.45, 2.75) is 367 Å². The Morgan fingerprint density at radius 2 is 0.753 bits per heavy atom. The standard InChI is InChI=1S/C71H137N2O7P/c1-7-10-13-16-19-22-25-27-29-31-33-35-36-38-40-42-44-46-49-52-55-58-61-64-71(75)80-69(62-59-56-53-50-47-24-21-18-15-12-9-3)68(67-79-81(76,77)78-66-65-73(4,5)6)72-70(74)63-60-57-54-51-48-45-43-41-39-37-34-32-30-28-26-23-20-17-14-11-8-2/h19,22,27,29,59,62,68-69H,7-18,20-21,23-26,28,30-58,60-61,63-67H2,1-6H3,(H-,72,74,76,77)/b22-19-,29-27-,62-59+. The van der Waals surface area contributed by atoms with E-state index in [1.54, 1.807) is 0 Å². The fourth-order valence-electron chi connectivity index (χ4n) is 10.6. The molecule has 0 aromatic heterocycles. The van der Waals surface area contributed by atoms with Gasteiger partial charge in [-0.05, 0) is 63.9 Å². The summed E-state index contributed by atoms with van der Waals surface area (Å²) >= 11 is 0. The molecule has 0 bridgehead atoms. The number of amides is 1. The summed E-state index contributed by atoms with van der Waals surface area (Å²) in [5.41, 5.74) is 0. The smallest absolute Gasteiger partial charge is 0.306 e. The van der Waals surface area contributed by atoms with Gasteiger partial charge in [-0.2, -0.15) is 0 Å². The van der Waals surface area contributed by atoms with Gasteiger partial charge in [0, 0.05) is 12.8 Å². The lowest BCUT2D eigenvalue weighted by molar-refractivity contribution is -0.870. The number of hydrogen-bond donors (Lipinski definition) is 1. The fourth-order valence-corrected chi connectivity index (χ4v) is 11.3. The summed E-state index contributed by atoms with van der Waals surface area (Å²) in [6.45, 7) is 6.87. The van der Waals surface area contributed by atoms with Crippen LogP contribution >= 0.6 is 7.82 Å². The van der Waals surface area contributed by atoms with Gasteiger partial charge in [-0.25, -0.2) is 0 Å². The first-order valence-electron chi connectivity index (χ1n) is 35.3. The van der Waals surface area contributed by atoms with E-state index in [0.29, 0.717) is 17.4 Å². The van der Waals surface area contributed by atoms with Crippen LogP contribution in [0.25, 0.3) is 0 Å². The van der Waals surface area contributed by atoms with Gasteiger partial charge in [0.05, 0.1) is 33.8 Å². The first-order valence-corrected chi connectivity index (χ1v) is 36.8. The van der Waals surface area contributed by atoms with Crippen molar-refractivity contribution in [3.63, 3.8) is 0 Å². The second-order valence-electron chi connectivity index (χ2n) is 25.4. The van der Waals surface area contributed by atoms with E-state index in [2.05, 4.69) is 50.4 Å². The van der Waals surface area contributed by atoms with E-state index in [4.69, 9.17) is 13.8 Å². The number of nitrogens with zero attached hydrogens (tertiary/aromatic N) is 1. The van der Waals surface area contributed by atoms with E-state index >= 15 is 0 Å². The Hall–Kier alpha value is -1.77. The third kappa shape index (κ3) is 62.6. The van der Waals surface area contributed by atoms with Crippen molar-refractivity contribution < 1.29 is 37.3 Å². The number of phosphoric ester groups is 1. The summed E-state index contributed by atoms with van der Waals surface area (Å²) in [5, 5.41) is 3.05. The van der Waals surface area contributed by atoms with Gasteiger partial charge in [0.15, 0.2) is 0 Å². The normalized spacial score (nSPS) is 13.7. The number of unbranched alkanes of at least 4 members (excludes halogenated alkanes) is 45. The number of allylic oxidation sites excluding steroid dienone is 5. The number of carbonyl (C=O) groups is 2. The second-order valence-corrected chi connectivity index (χ2v) is 26.8. The average Bonchev–Trinajstić information content (AvgIpc) is 3.44. The minimum Gasteiger partial charge on any atom is -0.756 e. The Balaban J connectivity index is 5.01. The molecular weight excluding hydrogens is 1020 g/mol. The molecule has 0 rings (SSSR count). The van der Waals surface area contributed by atoms with Crippen LogP contribution in [0.4, 0.5) is 0 Å². The molecule has 0 spiro atoms. The van der Waals surface area contributed by atoms with Gasteiger partial charge in [-0.3, -0.25) is 14.2 Å². The molecule has 0 radical (unpaired) electrons. The molecular formula is C71H137N2O7P. The lowest BCUT2D eigenvalue weighted by Gasteiger charge is -2.30. The average molecular weight is 1160 g/mol. The molecule has 0 heterocycles. The van der Waals surface area contributed by atoms with Crippen molar-refractivity contribution in [1.29, 1.82) is 0 Å². The van der Waals surface area contributed by atoms with Crippen LogP contribution in [0.3, 0.4) is 0 Å². The molecule has 0 aromatic rings. The van der Waals surface area contributed by atoms with Crippen LogP contribution in [0.5, 0.6) is 0 Å². The highest BCUT2D eigenvalue weighted by Gasteiger charge is 2.27. The molecule has 10 heteroatoms. The van der Waals surface area contributed by atoms with Crippen LogP contribution in [-0.4, -0.2) is 69.4 Å². The highest BCUT2D eigenvalue weighted by Crippen LogP contribution is 2.38. The maximum atomic E-state index is 13.6. The summed E-state index contributed by atoms with van der Waals surface area (Å²) in [5.74, 6) is -0.523. The van der Waals surface area contributed by atoms with E-state index in [9.17, 15) is 19.0 Å². The van der Waals surface area contributed by atoms with Crippen molar-refractivity contribution >= 4 is 19.7 Å². The molecule has 9 nitrogen and oxygen atoms in total. The van der Waals surface area contributed by atoms with Crippen molar-refractivity contribution in [2.75, 3.05) is 40.9 Å². The Morgan fingerprint density at radius 1 is 0.432 bits per heavy atom. The highest BCUT2D eigenvalue weighted by atomic mass is 31.2. The quantitative estimate of drug-likeness (QED) is 0.0212. The first-order chi connectivity index (χ1) is 39.4. The lowest BCUT2D eigenvalue weighted by atomic mass is 10.0. The molecule has 0 aliphatic rings. The van der Waals surface area contributed by atoms with E-state index in [1.807, 2.05) is 33.3 Å². The van der Waals surface area contributed by atoms with Gasteiger partial charge >= 0.3 is 5.97 Å².